The average Bonchev–Trinajstić information content (AvgIpc) is 3.11. The first kappa shape index (κ1) is 27.5. The molecule has 2 saturated heterocycles. The molecule has 43 heavy (non-hydrogen) atoms. The Kier molecular flexibility index (Phi) is 6.67. The van der Waals surface area contributed by atoms with Crippen LogP contribution in [0.5, 0.6) is 17.6 Å². The van der Waals surface area contributed by atoms with Crippen molar-refractivity contribution in [3.05, 3.63) is 41.7 Å². The number of nitrogens with zero attached hydrogens (tertiary/aromatic N) is 5. The molecule has 3 aliphatic heterocycles. The van der Waals surface area contributed by atoms with Gasteiger partial charge in [0, 0.05) is 49.1 Å². The Morgan fingerprint density at radius 1 is 1.21 bits per heavy atom. The molecule has 0 saturated carbocycles. The molecule has 12 heteroatoms. The number of hydrogen-bond donors (Lipinski definition) is 2. The number of piperidine rings is 1. The summed E-state index contributed by atoms with van der Waals surface area (Å²) in [6, 6.07) is 7.93. The summed E-state index contributed by atoms with van der Waals surface area (Å²) in [4.78, 5) is 17.3. The summed E-state index contributed by atoms with van der Waals surface area (Å²) in [5.74, 6) is -0.495. The third-order valence-corrected chi connectivity index (χ3v) is 8.33. The Morgan fingerprint density at radius 2 is 2.07 bits per heavy atom. The summed E-state index contributed by atoms with van der Waals surface area (Å²) in [5, 5.41) is 15.4. The molecule has 5 heterocycles. The van der Waals surface area contributed by atoms with Gasteiger partial charge in [-0.3, -0.25) is 4.90 Å². The normalized spacial score (nSPS) is 21.6. The Labute approximate surface area is 245 Å². The van der Waals surface area contributed by atoms with E-state index in [4.69, 9.17) is 15.9 Å². The number of rotatable bonds is 4. The molecular formula is C31H29F3N6O3. The molecule has 2 atom stereocenters. The van der Waals surface area contributed by atoms with E-state index in [0.29, 0.717) is 54.8 Å². The van der Waals surface area contributed by atoms with Crippen molar-refractivity contribution in [2.45, 2.75) is 37.8 Å². The number of ether oxygens (including phenoxy) is 2. The van der Waals surface area contributed by atoms with Gasteiger partial charge in [-0.15, -0.1) is 6.42 Å². The van der Waals surface area contributed by atoms with Gasteiger partial charge in [-0.25, -0.2) is 18.2 Å². The Balaban J connectivity index is 1.43. The minimum atomic E-state index is -2.81. The van der Waals surface area contributed by atoms with Crippen LogP contribution in [0.1, 0.15) is 25.3 Å². The number of aromatic nitrogens is 3. The van der Waals surface area contributed by atoms with Gasteiger partial charge in [0.25, 0.3) is 5.92 Å². The highest BCUT2D eigenvalue weighted by Crippen LogP contribution is 2.43. The summed E-state index contributed by atoms with van der Waals surface area (Å²) < 4.78 is 57.1. The average molecular weight is 591 g/mol. The van der Waals surface area contributed by atoms with Gasteiger partial charge in [0.15, 0.2) is 5.82 Å². The van der Waals surface area contributed by atoms with E-state index in [1.54, 1.807) is 24.3 Å². The first-order valence-corrected chi connectivity index (χ1v) is 14.2. The minimum absolute atomic E-state index is 0.0907. The maximum Gasteiger partial charge on any atom is 0.320 e. The van der Waals surface area contributed by atoms with Crippen molar-refractivity contribution in [2.75, 3.05) is 44.4 Å². The van der Waals surface area contributed by atoms with Gasteiger partial charge >= 0.3 is 6.01 Å². The van der Waals surface area contributed by atoms with Crippen LogP contribution in [0.2, 0.25) is 0 Å². The molecule has 222 valence electrons. The third kappa shape index (κ3) is 4.82. The van der Waals surface area contributed by atoms with Gasteiger partial charge in [-0.2, -0.15) is 9.97 Å². The van der Waals surface area contributed by atoms with Crippen molar-refractivity contribution in [3.8, 4) is 41.2 Å². The third-order valence-electron chi connectivity index (χ3n) is 8.33. The molecule has 0 unspecified atom stereocenters. The van der Waals surface area contributed by atoms with Crippen LogP contribution in [0.4, 0.5) is 19.0 Å². The van der Waals surface area contributed by atoms with E-state index in [1.165, 1.54) is 11.0 Å². The van der Waals surface area contributed by atoms with E-state index in [9.17, 15) is 13.9 Å². The van der Waals surface area contributed by atoms with E-state index in [2.05, 4.69) is 26.2 Å². The zero-order valence-corrected chi connectivity index (χ0v) is 23.4. The Hall–Kier alpha value is -4.34. The quantitative estimate of drug-likeness (QED) is 0.338. The highest BCUT2D eigenvalue weighted by molar-refractivity contribution is 6.04. The van der Waals surface area contributed by atoms with Crippen LogP contribution in [-0.2, 0) is 0 Å². The number of phenolic OH excluding ortho intramolecular Hbond substituents is 1. The fourth-order valence-corrected chi connectivity index (χ4v) is 6.33. The number of alkyl halides is 2. The van der Waals surface area contributed by atoms with E-state index in [-0.39, 0.29) is 65.1 Å². The molecule has 0 spiro atoms. The molecule has 2 fully saturated rings. The molecule has 4 aromatic rings. The van der Waals surface area contributed by atoms with Crippen LogP contribution >= 0.6 is 0 Å². The number of benzene rings is 2. The van der Waals surface area contributed by atoms with Crippen molar-refractivity contribution in [1.82, 2.24) is 25.2 Å². The fraction of sp³-hybridized carbons (Fsp3) is 0.387. The molecule has 0 aliphatic carbocycles. The number of phenols is 1. The SMILES string of the molecule is C#Cc1cccc2cc(O)cc(-c3nc4c5c(nc(OCN6CCCC(F)(F)C6)nc5c3F)N3CCNC[C@H]3[C@H](C)O4)c12. The number of halogens is 3. The lowest BCUT2D eigenvalue weighted by atomic mass is 9.96. The number of terminal acetylenes is 1. The van der Waals surface area contributed by atoms with Crippen LogP contribution in [0.25, 0.3) is 32.9 Å². The van der Waals surface area contributed by atoms with E-state index >= 15 is 4.39 Å². The zero-order valence-electron chi connectivity index (χ0n) is 23.4. The first-order valence-electron chi connectivity index (χ1n) is 14.2. The number of anilines is 1. The summed E-state index contributed by atoms with van der Waals surface area (Å²) >= 11 is 0. The maximum absolute atomic E-state index is 16.8. The second-order valence-corrected chi connectivity index (χ2v) is 11.2. The summed E-state index contributed by atoms with van der Waals surface area (Å²) in [5.41, 5.74) is 0.577. The predicted molar refractivity (Wildman–Crippen MR) is 155 cm³/mol. The number of aromatic hydroxyl groups is 1. The van der Waals surface area contributed by atoms with Crippen molar-refractivity contribution in [2.24, 2.45) is 0 Å². The highest BCUT2D eigenvalue weighted by atomic mass is 19.3. The number of hydrogen-bond acceptors (Lipinski definition) is 9. The second-order valence-electron chi connectivity index (χ2n) is 11.2. The van der Waals surface area contributed by atoms with Crippen LogP contribution < -0.4 is 19.7 Å². The van der Waals surface area contributed by atoms with E-state index < -0.39 is 18.3 Å². The second kappa shape index (κ2) is 10.4. The van der Waals surface area contributed by atoms with Gasteiger partial charge in [-0.05, 0) is 36.9 Å². The van der Waals surface area contributed by atoms with Crippen LogP contribution in [0, 0.1) is 18.2 Å². The van der Waals surface area contributed by atoms with Crippen LogP contribution in [-0.4, -0.2) is 82.5 Å². The van der Waals surface area contributed by atoms with Crippen molar-refractivity contribution >= 4 is 27.5 Å². The Bertz CT molecular complexity index is 1800. The topological polar surface area (TPSA) is 95.9 Å². The molecule has 0 radical (unpaired) electrons. The van der Waals surface area contributed by atoms with Gasteiger partial charge in [0.2, 0.25) is 5.88 Å². The Morgan fingerprint density at radius 3 is 2.88 bits per heavy atom. The lowest BCUT2D eigenvalue weighted by Crippen LogP contribution is -2.56. The molecule has 0 bridgehead atoms. The molecule has 2 aromatic carbocycles. The smallest absolute Gasteiger partial charge is 0.320 e. The fourth-order valence-electron chi connectivity index (χ4n) is 6.33. The molecule has 3 aliphatic rings. The van der Waals surface area contributed by atoms with Gasteiger partial charge in [-0.1, -0.05) is 18.1 Å². The number of fused-ring (bicyclic) bond motifs is 3. The van der Waals surface area contributed by atoms with E-state index in [0.717, 1.165) is 0 Å². The van der Waals surface area contributed by atoms with Gasteiger partial charge in [0.1, 0.15) is 41.0 Å². The van der Waals surface area contributed by atoms with Crippen molar-refractivity contribution in [3.63, 3.8) is 0 Å². The predicted octanol–water partition coefficient (Wildman–Crippen LogP) is 4.30. The van der Waals surface area contributed by atoms with Crippen molar-refractivity contribution < 1.29 is 27.8 Å². The highest BCUT2D eigenvalue weighted by Gasteiger charge is 2.38. The van der Waals surface area contributed by atoms with Crippen LogP contribution in [0.15, 0.2) is 30.3 Å². The molecule has 0 amide bonds. The van der Waals surface area contributed by atoms with Crippen molar-refractivity contribution in [1.29, 1.82) is 0 Å². The summed E-state index contributed by atoms with van der Waals surface area (Å²) in [6.07, 6.45) is 5.60. The molecular weight excluding hydrogens is 561 g/mol. The lowest BCUT2D eigenvalue weighted by Gasteiger charge is -2.38. The van der Waals surface area contributed by atoms with Gasteiger partial charge < -0.3 is 24.8 Å². The molecule has 2 aromatic heterocycles. The van der Waals surface area contributed by atoms with Crippen LogP contribution in [0.3, 0.4) is 0 Å². The number of pyridine rings is 1. The number of nitrogens with one attached hydrogen (secondary N) is 1. The van der Waals surface area contributed by atoms with Gasteiger partial charge in [0.05, 0.1) is 12.6 Å². The first-order chi connectivity index (χ1) is 20.7. The maximum atomic E-state index is 16.8. The summed E-state index contributed by atoms with van der Waals surface area (Å²) in [7, 11) is 0. The number of likely N-dealkylation sites (tertiary alicyclic amines) is 1. The molecule has 9 nitrogen and oxygen atoms in total. The summed E-state index contributed by atoms with van der Waals surface area (Å²) in [6.45, 7) is 3.57. The monoisotopic (exact) mass is 590 g/mol. The zero-order chi connectivity index (χ0) is 29.9. The lowest BCUT2D eigenvalue weighted by molar-refractivity contribution is -0.0798. The van der Waals surface area contributed by atoms with E-state index in [1.807, 2.05) is 11.8 Å². The molecule has 7 rings (SSSR count). The standard InChI is InChI=1S/C31H29F3N6O3/c1-3-18-6-4-7-19-12-20(41)13-21(23(18)19)26-25(32)27-24-28(40-11-9-35-14-22(40)17(2)43-29(24)36-26)38-30(37-27)42-16-39-10-5-8-31(33,34)15-39/h1,4,6-7,12-13,17,22,35,41H,5,8-11,14-16H2,2H3/t17-,22-/m0/s1. The largest absolute Gasteiger partial charge is 0.508 e. The number of piperazine rings is 1. The minimum Gasteiger partial charge on any atom is -0.508 e. The molecule has 2 N–H and O–H groups in total.